The van der Waals surface area contributed by atoms with Gasteiger partial charge in [-0.05, 0) is 22.9 Å². The monoisotopic (exact) mass is 297 g/mol. The standard InChI is InChI=1S/C14H19NO2S2/c1-16-14(17-2)10-15-12(13-6-4-8-19-13)9-11-5-3-7-18-11/h3-8,12,14-15H,9-10H2,1-2H3. The highest BCUT2D eigenvalue weighted by molar-refractivity contribution is 7.10. The van der Waals surface area contributed by atoms with Gasteiger partial charge in [-0.1, -0.05) is 12.1 Å². The van der Waals surface area contributed by atoms with Gasteiger partial charge in [0.05, 0.1) is 0 Å². The third-order valence-electron chi connectivity index (χ3n) is 2.93. The SMILES string of the molecule is COC(CNC(Cc1cccs1)c1cccs1)OC. The second-order valence-electron chi connectivity index (χ2n) is 4.16. The topological polar surface area (TPSA) is 30.5 Å². The molecule has 0 fully saturated rings. The molecule has 1 unspecified atom stereocenters. The van der Waals surface area contributed by atoms with E-state index in [0.717, 1.165) is 6.42 Å². The van der Waals surface area contributed by atoms with Gasteiger partial charge in [0.25, 0.3) is 0 Å². The highest BCUT2D eigenvalue weighted by Crippen LogP contribution is 2.24. The minimum absolute atomic E-state index is 0.203. The third-order valence-corrected chi connectivity index (χ3v) is 4.81. The number of ether oxygens (including phenoxy) is 2. The summed E-state index contributed by atoms with van der Waals surface area (Å²) in [6.07, 6.45) is 0.795. The van der Waals surface area contributed by atoms with E-state index in [1.807, 2.05) is 0 Å². The number of thiophene rings is 2. The number of hydrogen-bond acceptors (Lipinski definition) is 5. The van der Waals surface area contributed by atoms with E-state index < -0.39 is 0 Å². The smallest absolute Gasteiger partial charge is 0.169 e. The first-order valence-corrected chi connectivity index (χ1v) is 7.94. The molecule has 0 bridgehead atoms. The Morgan fingerprint density at radius 2 is 1.84 bits per heavy atom. The van der Waals surface area contributed by atoms with Gasteiger partial charge in [0.15, 0.2) is 6.29 Å². The van der Waals surface area contributed by atoms with Crippen LogP contribution in [0.25, 0.3) is 0 Å². The van der Waals surface area contributed by atoms with Gasteiger partial charge in [-0.15, -0.1) is 22.7 Å². The number of nitrogens with one attached hydrogen (secondary N) is 1. The van der Waals surface area contributed by atoms with E-state index in [4.69, 9.17) is 9.47 Å². The van der Waals surface area contributed by atoms with Crippen LogP contribution in [0, 0.1) is 0 Å². The molecule has 0 radical (unpaired) electrons. The number of methoxy groups -OCH3 is 2. The van der Waals surface area contributed by atoms with Gasteiger partial charge in [-0.2, -0.15) is 0 Å². The Labute approximate surface area is 122 Å². The van der Waals surface area contributed by atoms with E-state index in [9.17, 15) is 0 Å². The molecular formula is C14H19NO2S2. The average Bonchev–Trinajstić information content (AvgIpc) is 3.11. The van der Waals surface area contributed by atoms with Crippen LogP contribution in [-0.4, -0.2) is 27.1 Å². The molecular weight excluding hydrogens is 278 g/mol. The lowest BCUT2D eigenvalue weighted by Crippen LogP contribution is -2.33. The van der Waals surface area contributed by atoms with Crippen molar-refractivity contribution < 1.29 is 9.47 Å². The van der Waals surface area contributed by atoms with Crippen molar-refractivity contribution in [1.82, 2.24) is 5.32 Å². The summed E-state index contributed by atoms with van der Waals surface area (Å²) in [5.41, 5.74) is 0. The summed E-state index contributed by atoms with van der Waals surface area (Å²) in [6, 6.07) is 8.85. The van der Waals surface area contributed by atoms with Gasteiger partial charge >= 0.3 is 0 Å². The lowest BCUT2D eigenvalue weighted by Gasteiger charge is -2.20. The molecule has 2 rings (SSSR count). The first-order chi connectivity index (χ1) is 9.33. The van der Waals surface area contributed by atoms with Crippen LogP contribution in [0.2, 0.25) is 0 Å². The maximum absolute atomic E-state index is 5.22. The highest BCUT2D eigenvalue weighted by Gasteiger charge is 2.15. The van der Waals surface area contributed by atoms with Crippen molar-refractivity contribution in [1.29, 1.82) is 0 Å². The second kappa shape index (κ2) is 7.77. The van der Waals surface area contributed by atoms with E-state index in [-0.39, 0.29) is 6.29 Å². The van der Waals surface area contributed by atoms with Crippen molar-refractivity contribution in [3.8, 4) is 0 Å². The average molecular weight is 297 g/mol. The zero-order chi connectivity index (χ0) is 13.5. The minimum atomic E-state index is -0.203. The van der Waals surface area contributed by atoms with E-state index in [2.05, 4.69) is 40.3 Å². The van der Waals surface area contributed by atoms with Gasteiger partial charge in [0.1, 0.15) is 0 Å². The lowest BCUT2D eigenvalue weighted by molar-refractivity contribution is -0.0999. The van der Waals surface area contributed by atoms with Gasteiger partial charge < -0.3 is 14.8 Å². The predicted octanol–water partition coefficient (Wildman–Crippen LogP) is 3.30. The van der Waals surface area contributed by atoms with Crippen molar-refractivity contribution in [2.24, 2.45) is 0 Å². The van der Waals surface area contributed by atoms with Crippen LogP contribution in [0.1, 0.15) is 15.8 Å². The Kier molecular flexibility index (Phi) is 6.00. The fourth-order valence-corrected chi connectivity index (χ4v) is 3.45. The fourth-order valence-electron chi connectivity index (χ4n) is 1.89. The van der Waals surface area contributed by atoms with Crippen LogP contribution < -0.4 is 5.32 Å². The summed E-state index contributed by atoms with van der Waals surface area (Å²) in [4.78, 5) is 2.73. The Bertz CT molecular complexity index is 438. The Morgan fingerprint density at radius 1 is 1.11 bits per heavy atom. The molecule has 0 saturated carbocycles. The molecule has 19 heavy (non-hydrogen) atoms. The summed E-state index contributed by atoms with van der Waals surface area (Å²) in [5, 5.41) is 7.76. The highest BCUT2D eigenvalue weighted by atomic mass is 32.1. The van der Waals surface area contributed by atoms with Crippen molar-refractivity contribution in [3.05, 3.63) is 44.8 Å². The molecule has 0 amide bonds. The molecule has 0 saturated heterocycles. The van der Waals surface area contributed by atoms with Crippen LogP contribution >= 0.6 is 22.7 Å². The Hall–Kier alpha value is -0.720. The molecule has 2 heterocycles. The van der Waals surface area contributed by atoms with Gasteiger partial charge in [0.2, 0.25) is 0 Å². The second-order valence-corrected chi connectivity index (χ2v) is 6.17. The predicted molar refractivity (Wildman–Crippen MR) is 80.9 cm³/mol. The van der Waals surface area contributed by atoms with Crippen LogP contribution in [0.5, 0.6) is 0 Å². The Morgan fingerprint density at radius 3 is 2.42 bits per heavy atom. The van der Waals surface area contributed by atoms with E-state index in [1.54, 1.807) is 36.9 Å². The van der Waals surface area contributed by atoms with Crippen LogP contribution in [0.3, 0.4) is 0 Å². The first-order valence-electron chi connectivity index (χ1n) is 6.18. The molecule has 5 heteroatoms. The summed E-state index contributed by atoms with van der Waals surface area (Å²) in [6.45, 7) is 0.681. The quantitative estimate of drug-likeness (QED) is 0.758. The molecule has 1 N–H and O–H groups in total. The van der Waals surface area contributed by atoms with E-state index in [0.29, 0.717) is 12.6 Å². The molecule has 0 aliphatic carbocycles. The largest absolute Gasteiger partial charge is 0.355 e. The van der Waals surface area contributed by atoms with E-state index in [1.165, 1.54) is 9.75 Å². The van der Waals surface area contributed by atoms with Gasteiger partial charge in [-0.25, -0.2) is 0 Å². The van der Waals surface area contributed by atoms with E-state index >= 15 is 0 Å². The maximum Gasteiger partial charge on any atom is 0.169 e. The van der Waals surface area contributed by atoms with Crippen molar-refractivity contribution in [3.63, 3.8) is 0 Å². The molecule has 2 aromatic heterocycles. The summed E-state index contributed by atoms with van der Waals surface area (Å²) >= 11 is 3.58. The number of hydrogen-bond donors (Lipinski definition) is 1. The van der Waals surface area contributed by atoms with Crippen LogP contribution in [0.4, 0.5) is 0 Å². The lowest BCUT2D eigenvalue weighted by atomic mass is 10.1. The fraction of sp³-hybridized carbons (Fsp3) is 0.429. The van der Waals surface area contributed by atoms with Crippen LogP contribution in [-0.2, 0) is 15.9 Å². The summed E-state index contributed by atoms with van der Waals surface area (Å²) < 4.78 is 10.4. The molecule has 0 aliphatic heterocycles. The molecule has 0 spiro atoms. The van der Waals surface area contributed by atoms with Gasteiger partial charge in [-0.3, -0.25) is 0 Å². The normalized spacial score (nSPS) is 13.0. The van der Waals surface area contributed by atoms with Gasteiger partial charge in [0, 0.05) is 43.0 Å². The van der Waals surface area contributed by atoms with Crippen molar-refractivity contribution in [2.75, 3.05) is 20.8 Å². The third kappa shape index (κ3) is 4.40. The molecule has 3 nitrogen and oxygen atoms in total. The van der Waals surface area contributed by atoms with Crippen LogP contribution in [0.15, 0.2) is 35.0 Å². The first kappa shape index (κ1) is 14.7. The molecule has 0 aromatic carbocycles. The Balaban J connectivity index is 1.98. The molecule has 2 aromatic rings. The zero-order valence-electron chi connectivity index (χ0n) is 11.2. The number of rotatable bonds is 8. The zero-order valence-corrected chi connectivity index (χ0v) is 12.8. The molecule has 104 valence electrons. The van der Waals surface area contributed by atoms with Crippen molar-refractivity contribution in [2.45, 2.75) is 18.8 Å². The summed E-state index contributed by atoms with van der Waals surface area (Å²) in [5.74, 6) is 0. The van der Waals surface area contributed by atoms with Crippen molar-refractivity contribution >= 4 is 22.7 Å². The molecule has 1 atom stereocenters. The molecule has 0 aliphatic rings. The minimum Gasteiger partial charge on any atom is -0.355 e. The summed E-state index contributed by atoms with van der Waals surface area (Å²) in [7, 11) is 3.32. The maximum atomic E-state index is 5.22.